The molecule has 0 aliphatic carbocycles. The number of rotatable bonds is 4. The van der Waals surface area contributed by atoms with Crippen molar-refractivity contribution in [2.24, 2.45) is 5.92 Å². The number of thiazole rings is 1. The molecule has 0 bridgehead atoms. The maximum Gasteiger partial charge on any atom is 0.223 e. The van der Waals surface area contributed by atoms with Crippen LogP contribution in [0.5, 0.6) is 0 Å². The molecule has 0 aromatic carbocycles. The number of carbonyl (C=O) groups excluding carboxylic acids is 1. The number of aromatic nitrogens is 2. The minimum absolute atomic E-state index is 0.124. The highest BCUT2D eigenvalue weighted by atomic mass is 32.1. The molecular formula is C22H27N5OS2. The summed E-state index contributed by atoms with van der Waals surface area (Å²) in [4.78, 5) is 28.0. The number of thiophene rings is 1. The summed E-state index contributed by atoms with van der Waals surface area (Å²) in [5, 5.41) is 8.52. The summed E-state index contributed by atoms with van der Waals surface area (Å²) < 4.78 is 0. The Labute approximate surface area is 184 Å². The second kappa shape index (κ2) is 8.61. The molecule has 0 unspecified atom stereocenters. The van der Waals surface area contributed by atoms with Crippen LogP contribution in [0, 0.1) is 5.92 Å². The van der Waals surface area contributed by atoms with E-state index in [1.165, 1.54) is 0 Å². The maximum absolute atomic E-state index is 12.7. The van der Waals surface area contributed by atoms with Crippen molar-refractivity contribution < 1.29 is 4.79 Å². The number of pyridine rings is 1. The smallest absolute Gasteiger partial charge is 0.223 e. The normalized spacial score (nSPS) is 19.4. The molecule has 2 aliphatic heterocycles. The highest BCUT2D eigenvalue weighted by Gasteiger charge is 2.28. The topological polar surface area (TPSA) is 61.4 Å². The molecule has 2 aliphatic rings. The van der Waals surface area contributed by atoms with Gasteiger partial charge in [0.2, 0.25) is 5.91 Å². The number of amides is 1. The number of anilines is 1. The molecule has 6 nitrogen and oxygen atoms in total. The van der Waals surface area contributed by atoms with Gasteiger partial charge in [-0.05, 0) is 69.4 Å². The molecule has 3 aromatic rings. The third kappa shape index (κ3) is 4.22. The number of likely N-dealkylation sites (tertiary alicyclic amines) is 1. The van der Waals surface area contributed by atoms with Gasteiger partial charge in [0.25, 0.3) is 0 Å². The third-order valence-corrected chi connectivity index (χ3v) is 7.97. The molecule has 1 amide bonds. The van der Waals surface area contributed by atoms with Gasteiger partial charge in [0.05, 0.1) is 5.69 Å². The molecule has 1 N–H and O–H groups in total. The zero-order valence-corrected chi connectivity index (χ0v) is 18.8. The molecule has 0 radical (unpaired) electrons. The Bertz CT molecular complexity index is 1000. The molecule has 8 heteroatoms. The molecule has 0 atom stereocenters. The van der Waals surface area contributed by atoms with Crippen LogP contribution in [0.3, 0.4) is 0 Å². The van der Waals surface area contributed by atoms with Crippen molar-refractivity contribution in [2.75, 3.05) is 38.1 Å². The first-order valence-electron chi connectivity index (χ1n) is 10.7. The van der Waals surface area contributed by atoms with E-state index in [0.29, 0.717) is 6.04 Å². The highest BCUT2D eigenvalue weighted by Crippen LogP contribution is 2.32. The lowest BCUT2D eigenvalue weighted by atomic mass is 9.95. The summed E-state index contributed by atoms with van der Waals surface area (Å²) in [6.07, 6.45) is 3.91. The van der Waals surface area contributed by atoms with Crippen molar-refractivity contribution in [1.82, 2.24) is 20.2 Å². The Balaban J connectivity index is 1.20. The molecule has 0 spiro atoms. The number of nitrogens with one attached hydrogen (secondary N) is 1. The van der Waals surface area contributed by atoms with Crippen molar-refractivity contribution in [3.8, 4) is 11.3 Å². The molecule has 3 aromatic heterocycles. The number of carbonyl (C=O) groups is 1. The van der Waals surface area contributed by atoms with E-state index in [9.17, 15) is 4.79 Å². The first kappa shape index (κ1) is 19.9. The van der Waals surface area contributed by atoms with Gasteiger partial charge in [0.1, 0.15) is 10.3 Å². The standard InChI is InChI=1S/C22H27N5OS2/c1-26-9-6-17(7-10-26)23-20(28)15-4-11-27(12-5-15)22-25-19-3-2-18(24-21(19)30-22)16-8-13-29-14-16/h2-3,8,13-15,17H,4-7,9-12H2,1H3,(H,23,28). The van der Waals surface area contributed by atoms with Gasteiger partial charge in [-0.2, -0.15) is 11.3 Å². The predicted octanol–water partition coefficient (Wildman–Crippen LogP) is 3.85. The van der Waals surface area contributed by atoms with Gasteiger partial charge in [0, 0.05) is 36.0 Å². The predicted molar refractivity (Wildman–Crippen MR) is 124 cm³/mol. The van der Waals surface area contributed by atoms with E-state index in [2.05, 4.69) is 45.1 Å². The van der Waals surface area contributed by atoms with E-state index < -0.39 is 0 Å². The van der Waals surface area contributed by atoms with Crippen LogP contribution in [0.2, 0.25) is 0 Å². The van der Waals surface area contributed by atoms with E-state index in [4.69, 9.17) is 9.97 Å². The van der Waals surface area contributed by atoms with Crippen LogP contribution in [-0.4, -0.2) is 60.0 Å². The lowest BCUT2D eigenvalue weighted by Gasteiger charge is -2.33. The van der Waals surface area contributed by atoms with E-state index in [-0.39, 0.29) is 11.8 Å². The van der Waals surface area contributed by atoms with Crippen LogP contribution in [0.25, 0.3) is 21.6 Å². The molecule has 30 heavy (non-hydrogen) atoms. The number of fused-ring (bicyclic) bond motifs is 1. The Morgan fingerprint density at radius 2 is 1.87 bits per heavy atom. The fourth-order valence-electron chi connectivity index (χ4n) is 4.32. The SMILES string of the molecule is CN1CCC(NC(=O)C2CCN(c3nc4ccc(-c5ccsc5)nc4s3)CC2)CC1. The minimum atomic E-state index is 0.124. The first-order valence-corrected chi connectivity index (χ1v) is 12.5. The average molecular weight is 442 g/mol. The van der Waals surface area contributed by atoms with Gasteiger partial charge in [-0.15, -0.1) is 0 Å². The van der Waals surface area contributed by atoms with Crippen LogP contribution in [0.1, 0.15) is 25.7 Å². The Kier molecular flexibility index (Phi) is 5.71. The van der Waals surface area contributed by atoms with E-state index in [0.717, 1.165) is 78.6 Å². The Hall–Kier alpha value is -2.03. The third-order valence-electron chi connectivity index (χ3n) is 6.26. The number of piperidine rings is 2. The fraction of sp³-hybridized carbons (Fsp3) is 0.500. The summed E-state index contributed by atoms with van der Waals surface area (Å²) in [6.45, 7) is 3.90. The zero-order valence-electron chi connectivity index (χ0n) is 17.2. The summed E-state index contributed by atoms with van der Waals surface area (Å²) in [7, 11) is 2.15. The van der Waals surface area contributed by atoms with Gasteiger partial charge in [-0.3, -0.25) is 4.79 Å². The summed E-state index contributed by atoms with van der Waals surface area (Å²) >= 11 is 3.34. The van der Waals surface area contributed by atoms with Crippen LogP contribution < -0.4 is 10.2 Å². The zero-order chi connectivity index (χ0) is 20.5. The lowest BCUT2D eigenvalue weighted by Crippen LogP contribution is -2.47. The Morgan fingerprint density at radius 1 is 1.07 bits per heavy atom. The number of hydrogen-bond acceptors (Lipinski definition) is 7. The number of nitrogens with zero attached hydrogens (tertiary/aromatic N) is 4. The van der Waals surface area contributed by atoms with Crippen molar-refractivity contribution in [3.05, 3.63) is 29.0 Å². The van der Waals surface area contributed by atoms with Crippen molar-refractivity contribution in [2.45, 2.75) is 31.7 Å². The molecule has 0 saturated carbocycles. The average Bonchev–Trinajstić information content (AvgIpc) is 3.45. The molecule has 5 heterocycles. The van der Waals surface area contributed by atoms with E-state index >= 15 is 0 Å². The number of hydrogen-bond donors (Lipinski definition) is 1. The maximum atomic E-state index is 12.7. The van der Waals surface area contributed by atoms with E-state index in [1.807, 2.05) is 6.07 Å². The summed E-state index contributed by atoms with van der Waals surface area (Å²) in [6, 6.07) is 6.56. The van der Waals surface area contributed by atoms with Gasteiger partial charge in [0.15, 0.2) is 5.13 Å². The van der Waals surface area contributed by atoms with Crippen molar-refractivity contribution in [3.63, 3.8) is 0 Å². The summed E-state index contributed by atoms with van der Waals surface area (Å²) in [5.74, 6) is 0.370. The lowest BCUT2D eigenvalue weighted by molar-refractivity contribution is -0.126. The summed E-state index contributed by atoms with van der Waals surface area (Å²) in [5.41, 5.74) is 3.12. The van der Waals surface area contributed by atoms with Gasteiger partial charge in [-0.25, -0.2) is 9.97 Å². The van der Waals surface area contributed by atoms with Crippen LogP contribution >= 0.6 is 22.7 Å². The molecule has 2 saturated heterocycles. The van der Waals surface area contributed by atoms with Gasteiger partial charge in [-0.1, -0.05) is 11.3 Å². The fourth-order valence-corrected chi connectivity index (χ4v) is 5.96. The quantitative estimate of drug-likeness (QED) is 0.666. The molecule has 5 rings (SSSR count). The second-order valence-electron chi connectivity index (χ2n) is 8.38. The highest BCUT2D eigenvalue weighted by molar-refractivity contribution is 7.21. The molecular weight excluding hydrogens is 414 g/mol. The van der Waals surface area contributed by atoms with Gasteiger partial charge < -0.3 is 15.1 Å². The Morgan fingerprint density at radius 3 is 2.60 bits per heavy atom. The van der Waals surface area contributed by atoms with Crippen LogP contribution in [-0.2, 0) is 4.79 Å². The van der Waals surface area contributed by atoms with Crippen LogP contribution in [0.15, 0.2) is 29.0 Å². The van der Waals surface area contributed by atoms with Crippen LogP contribution in [0.4, 0.5) is 5.13 Å². The molecule has 2 fully saturated rings. The monoisotopic (exact) mass is 441 g/mol. The van der Waals surface area contributed by atoms with Crippen molar-refractivity contribution in [1.29, 1.82) is 0 Å². The van der Waals surface area contributed by atoms with E-state index in [1.54, 1.807) is 22.7 Å². The van der Waals surface area contributed by atoms with Crippen molar-refractivity contribution >= 4 is 44.1 Å². The minimum Gasteiger partial charge on any atom is -0.353 e. The van der Waals surface area contributed by atoms with Gasteiger partial charge >= 0.3 is 0 Å². The second-order valence-corrected chi connectivity index (χ2v) is 10.1. The first-order chi connectivity index (χ1) is 14.7. The largest absolute Gasteiger partial charge is 0.353 e. The molecule has 158 valence electrons.